The molecule has 0 radical (unpaired) electrons. The lowest BCUT2D eigenvalue weighted by Gasteiger charge is -2.24. The molecule has 0 bridgehead atoms. The van der Waals surface area contributed by atoms with E-state index >= 15 is 0 Å². The number of fused-ring (bicyclic) bond motifs is 1. The topological polar surface area (TPSA) is 90.1 Å². The van der Waals surface area contributed by atoms with E-state index in [1.54, 1.807) is 0 Å². The Kier molecular flexibility index (Phi) is 5.35. The van der Waals surface area contributed by atoms with Crippen LogP contribution in [0.25, 0.3) is 10.9 Å². The van der Waals surface area contributed by atoms with E-state index < -0.39 is 0 Å². The number of hydrogen-bond acceptors (Lipinski definition) is 5. The number of aryl methyl sites for hydroxylation is 1. The number of tetrazole rings is 1. The number of ether oxygens (including phenoxy) is 1. The van der Waals surface area contributed by atoms with Gasteiger partial charge in [0, 0.05) is 25.0 Å². The summed E-state index contributed by atoms with van der Waals surface area (Å²) in [5.41, 5.74) is 2.82. The van der Waals surface area contributed by atoms with E-state index in [4.69, 9.17) is 4.74 Å². The van der Waals surface area contributed by atoms with E-state index in [1.807, 2.05) is 10.7 Å². The lowest BCUT2D eigenvalue weighted by Crippen LogP contribution is -3.10. The summed E-state index contributed by atoms with van der Waals surface area (Å²) in [4.78, 5) is 17.6. The summed E-state index contributed by atoms with van der Waals surface area (Å²) in [6, 6.07) is 8.11. The lowest BCUT2D eigenvalue weighted by atomic mass is 10.0. The minimum atomic E-state index is -0.178. The largest absolute Gasteiger partial charge is 0.376 e. The van der Waals surface area contributed by atoms with Gasteiger partial charge in [0.05, 0.1) is 31.3 Å². The van der Waals surface area contributed by atoms with Crippen LogP contribution in [0.1, 0.15) is 55.6 Å². The molecular formula is C22H29N6O2+. The molecule has 1 aromatic carbocycles. The number of nitrogens with zero attached hydrogens (tertiary/aromatic N) is 4. The van der Waals surface area contributed by atoms with Gasteiger partial charge >= 0.3 is 0 Å². The molecule has 2 fully saturated rings. The fourth-order valence-electron chi connectivity index (χ4n) is 4.90. The summed E-state index contributed by atoms with van der Waals surface area (Å²) in [7, 11) is 0. The van der Waals surface area contributed by atoms with Gasteiger partial charge in [-0.2, -0.15) is 0 Å². The van der Waals surface area contributed by atoms with E-state index in [1.165, 1.54) is 10.5 Å². The van der Waals surface area contributed by atoms with Crippen molar-refractivity contribution in [2.45, 2.75) is 57.7 Å². The second kappa shape index (κ2) is 8.28. The molecule has 0 saturated carbocycles. The Bertz CT molecular complexity index is 1080. The zero-order chi connectivity index (χ0) is 20.5. The number of quaternary nitrogens is 1. The standard InChI is InChI=1S/C22H28N6O2/c1-2-15-7-8-19-16(12-15)13-18(22(29)23-19)20(27-9-3-4-10-27)21-24-25-26-28(21)14-17-6-5-11-30-17/h7-8,12-13,17,20H,2-6,9-11,14H2,1H3,(H,23,29)/p+1/t17-,20+/m1/s1. The molecule has 8 heteroatoms. The first kappa shape index (κ1) is 19.4. The third-order valence-corrected chi connectivity index (χ3v) is 6.53. The van der Waals surface area contributed by atoms with Crippen molar-refractivity contribution in [1.82, 2.24) is 25.2 Å². The molecule has 2 aliphatic heterocycles. The van der Waals surface area contributed by atoms with Gasteiger partial charge in [0.15, 0.2) is 6.04 Å². The number of hydrogen-bond donors (Lipinski definition) is 2. The van der Waals surface area contributed by atoms with Gasteiger partial charge in [-0.15, -0.1) is 5.10 Å². The summed E-state index contributed by atoms with van der Waals surface area (Å²) in [6.07, 6.45) is 5.52. The predicted molar refractivity (Wildman–Crippen MR) is 113 cm³/mol. The number of aromatic amines is 1. The first-order chi connectivity index (χ1) is 14.7. The Morgan fingerprint density at radius 2 is 2.13 bits per heavy atom. The number of rotatable bonds is 6. The quantitative estimate of drug-likeness (QED) is 0.635. The predicted octanol–water partition coefficient (Wildman–Crippen LogP) is 1.02. The minimum Gasteiger partial charge on any atom is -0.376 e. The maximum absolute atomic E-state index is 13.2. The summed E-state index contributed by atoms with van der Waals surface area (Å²) in [5.74, 6) is 0.763. The van der Waals surface area contributed by atoms with E-state index in [2.05, 4.69) is 45.6 Å². The molecule has 2 aliphatic rings. The van der Waals surface area contributed by atoms with Gasteiger partial charge in [-0.05, 0) is 58.8 Å². The van der Waals surface area contributed by atoms with Crippen LogP contribution in [-0.2, 0) is 17.7 Å². The molecule has 2 N–H and O–H groups in total. The molecule has 8 nitrogen and oxygen atoms in total. The smallest absolute Gasteiger partial charge is 0.258 e. The number of aromatic nitrogens is 5. The number of H-pyrrole nitrogens is 1. The van der Waals surface area contributed by atoms with Gasteiger partial charge in [-0.25, -0.2) is 4.68 Å². The Morgan fingerprint density at radius 1 is 1.27 bits per heavy atom. The monoisotopic (exact) mass is 409 g/mol. The van der Waals surface area contributed by atoms with Crippen LogP contribution in [0.2, 0.25) is 0 Å². The Morgan fingerprint density at radius 3 is 2.90 bits per heavy atom. The van der Waals surface area contributed by atoms with E-state index in [0.29, 0.717) is 6.54 Å². The van der Waals surface area contributed by atoms with Crippen molar-refractivity contribution in [2.75, 3.05) is 19.7 Å². The van der Waals surface area contributed by atoms with Crippen molar-refractivity contribution in [3.63, 3.8) is 0 Å². The van der Waals surface area contributed by atoms with E-state index in [-0.39, 0.29) is 17.7 Å². The molecule has 3 aromatic rings. The summed E-state index contributed by atoms with van der Waals surface area (Å²) in [6.45, 7) is 5.61. The van der Waals surface area contributed by atoms with Gasteiger partial charge < -0.3 is 14.6 Å². The molecule has 30 heavy (non-hydrogen) atoms. The number of nitrogens with one attached hydrogen (secondary N) is 2. The molecule has 0 aliphatic carbocycles. The maximum Gasteiger partial charge on any atom is 0.258 e. The summed E-state index contributed by atoms with van der Waals surface area (Å²) >= 11 is 0. The van der Waals surface area contributed by atoms with Crippen molar-refractivity contribution >= 4 is 10.9 Å². The maximum atomic E-state index is 13.2. The third kappa shape index (κ3) is 3.65. The second-order valence-corrected chi connectivity index (χ2v) is 8.48. The highest BCUT2D eigenvalue weighted by Crippen LogP contribution is 2.22. The van der Waals surface area contributed by atoms with Crippen LogP contribution in [0.5, 0.6) is 0 Å². The molecule has 2 saturated heterocycles. The fraction of sp³-hybridized carbons (Fsp3) is 0.545. The fourth-order valence-corrected chi connectivity index (χ4v) is 4.90. The highest BCUT2D eigenvalue weighted by molar-refractivity contribution is 5.79. The molecule has 158 valence electrons. The highest BCUT2D eigenvalue weighted by atomic mass is 16.5. The van der Waals surface area contributed by atoms with Crippen molar-refractivity contribution in [3.05, 3.63) is 51.6 Å². The molecule has 0 spiro atoms. The molecule has 5 rings (SSSR count). The van der Waals surface area contributed by atoms with Gasteiger partial charge in [0.25, 0.3) is 5.56 Å². The SMILES string of the molecule is CCc1ccc2[nH]c(=O)c([C@@H](c3nnnn3C[C@H]3CCCO3)[NH+]3CCCC3)cc2c1. The first-order valence-electron chi connectivity index (χ1n) is 11.1. The summed E-state index contributed by atoms with van der Waals surface area (Å²) in [5, 5.41) is 13.7. The van der Waals surface area contributed by atoms with Gasteiger partial charge in [-0.3, -0.25) is 4.79 Å². The van der Waals surface area contributed by atoms with E-state index in [9.17, 15) is 4.79 Å². The van der Waals surface area contributed by atoms with Crippen LogP contribution in [0, 0.1) is 0 Å². The Labute approximate surface area is 175 Å². The van der Waals surface area contributed by atoms with Crippen molar-refractivity contribution in [3.8, 4) is 0 Å². The Balaban J connectivity index is 1.59. The zero-order valence-electron chi connectivity index (χ0n) is 17.4. The van der Waals surface area contributed by atoms with Crippen LogP contribution in [-0.4, -0.2) is 51.0 Å². The number of likely N-dealkylation sites (tertiary alicyclic amines) is 1. The lowest BCUT2D eigenvalue weighted by molar-refractivity contribution is -0.914. The molecule has 0 amide bonds. The van der Waals surface area contributed by atoms with E-state index in [0.717, 1.165) is 74.1 Å². The van der Waals surface area contributed by atoms with Crippen molar-refractivity contribution in [1.29, 1.82) is 0 Å². The average molecular weight is 410 g/mol. The second-order valence-electron chi connectivity index (χ2n) is 8.48. The zero-order valence-corrected chi connectivity index (χ0v) is 17.4. The average Bonchev–Trinajstić information content (AvgIpc) is 3.53. The van der Waals surface area contributed by atoms with Crippen molar-refractivity contribution in [2.24, 2.45) is 0 Å². The highest BCUT2D eigenvalue weighted by Gasteiger charge is 2.36. The minimum absolute atomic E-state index is 0.0529. The first-order valence-corrected chi connectivity index (χ1v) is 11.1. The van der Waals surface area contributed by atoms with Crippen LogP contribution in [0.3, 0.4) is 0 Å². The van der Waals surface area contributed by atoms with Crippen LogP contribution >= 0.6 is 0 Å². The molecule has 2 aromatic heterocycles. The third-order valence-electron chi connectivity index (χ3n) is 6.53. The molecule has 2 atom stereocenters. The van der Waals surface area contributed by atoms with Gasteiger partial charge in [0.2, 0.25) is 5.82 Å². The molecule has 0 unspecified atom stereocenters. The Hall–Kier alpha value is -2.58. The van der Waals surface area contributed by atoms with Gasteiger partial charge in [-0.1, -0.05) is 13.0 Å². The molecule has 4 heterocycles. The number of pyridine rings is 1. The number of benzene rings is 1. The van der Waals surface area contributed by atoms with Crippen LogP contribution in [0.4, 0.5) is 0 Å². The summed E-state index contributed by atoms with van der Waals surface area (Å²) < 4.78 is 7.67. The molecular weight excluding hydrogens is 380 g/mol. The normalized spacial score (nSPS) is 20.9. The van der Waals surface area contributed by atoms with Crippen LogP contribution in [0.15, 0.2) is 29.1 Å². The van der Waals surface area contributed by atoms with Crippen LogP contribution < -0.4 is 10.5 Å². The van der Waals surface area contributed by atoms with Gasteiger partial charge in [0.1, 0.15) is 0 Å². The van der Waals surface area contributed by atoms with Crippen molar-refractivity contribution < 1.29 is 9.64 Å².